The summed E-state index contributed by atoms with van der Waals surface area (Å²) in [6.07, 6.45) is 9.64. The van der Waals surface area contributed by atoms with E-state index in [0.717, 1.165) is 10.7 Å². The fraction of sp³-hybridized carbons (Fsp3) is 0.643. The Balaban J connectivity index is 1.54. The van der Waals surface area contributed by atoms with Crippen molar-refractivity contribution in [2.75, 3.05) is 5.75 Å². The minimum absolute atomic E-state index is 1.08. The lowest BCUT2D eigenvalue weighted by atomic mass is 10.1. The third kappa shape index (κ3) is 4.32. The Kier molecular flexibility index (Phi) is 6.08. The van der Waals surface area contributed by atoms with Gasteiger partial charge in [-0.1, -0.05) is 57.2 Å². The summed E-state index contributed by atoms with van der Waals surface area (Å²) in [5.41, 5.74) is 2.30. The molecule has 0 spiro atoms. The highest BCUT2D eigenvalue weighted by Crippen LogP contribution is 2.23. The number of fused-ring (bicyclic) bond motifs is 1. The lowest BCUT2D eigenvalue weighted by Crippen LogP contribution is -1.84. The van der Waals surface area contributed by atoms with Crippen LogP contribution in [0.5, 0.6) is 0 Å². The molecule has 0 amide bonds. The number of thioether (sulfide) groups is 1. The van der Waals surface area contributed by atoms with Crippen LogP contribution in [0.15, 0.2) is 15.9 Å². The summed E-state index contributed by atoms with van der Waals surface area (Å²) in [4.78, 5) is 7.91. The smallest absolute Gasteiger partial charge is 0.166 e. The van der Waals surface area contributed by atoms with Crippen LogP contribution < -0.4 is 0 Å². The minimum Gasteiger partial charge on any atom is -0.332 e. The highest BCUT2D eigenvalue weighted by molar-refractivity contribution is 7.99. The molecule has 0 aliphatic rings. The minimum atomic E-state index is 1.08. The van der Waals surface area contributed by atoms with Crippen molar-refractivity contribution < 1.29 is 0 Å². The van der Waals surface area contributed by atoms with Gasteiger partial charge < -0.3 is 4.98 Å². The standard InChI is InChI=1S/C14H22N2S2/c1-2-3-4-5-6-7-8-9-18-14-15-12-10-17-11-13(12)16-14/h10-11H,2-9H2,1H3,(H,15,16). The number of nitrogens with one attached hydrogen (secondary N) is 1. The van der Waals surface area contributed by atoms with Gasteiger partial charge in [0.15, 0.2) is 5.16 Å². The van der Waals surface area contributed by atoms with Crippen LogP contribution in [0, 0.1) is 0 Å². The number of aromatic amines is 1. The van der Waals surface area contributed by atoms with Crippen LogP contribution in [0.1, 0.15) is 51.9 Å². The molecular formula is C14H22N2S2. The third-order valence-corrected chi connectivity index (χ3v) is 4.78. The van der Waals surface area contributed by atoms with Crippen LogP contribution in [-0.2, 0) is 0 Å². The van der Waals surface area contributed by atoms with E-state index < -0.39 is 0 Å². The lowest BCUT2D eigenvalue weighted by molar-refractivity contribution is 0.603. The van der Waals surface area contributed by atoms with Crippen LogP contribution in [0.25, 0.3) is 11.0 Å². The molecule has 2 aromatic rings. The van der Waals surface area contributed by atoms with Crippen molar-refractivity contribution >= 4 is 34.1 Å². The van der Waals surface area contributed by atoms with E-state index in [-0.39, 0.29) is 0 Å². The highest BCUT2D eigenvalue weighted by Gasteiger charge is 2.03. The summed E-state index contributed by atoms with van der Waals surface area (Å²) in [5, 5.41) is 5.31. The van der Waals surface area contributed by atoms with Crippen molar-refractivity contribution in [1.29, 1.82) is 0 Å². The van der Waals surface area contributed by atoms with Crippen molar-refractivity contribution in [3.05, 3.63) is 10.8 Å². The zero-order valence-corrected chi connectivity index (χ0v) is 12.7. The molecule has 0 aromatic carbocycles. The highest BCUT2D eigenvalue weighted by atomic mass is 32.2. The molecule has 0 saturated carbocycles. The van der Waals surface area contributed by atoms with Crippen molar-refractivity contribution in [3.63, 3.8) is 0 Å². The monoisotopic (exact) mass is 282 g/mol. The first-order valence-corrected chi connectivity index (χ1v) is 8.87. The molecule has 4 heteroatoms. The maximum absolute atomic E-state index is 4.55. The molecule has 0 aliphatic carbocycles. The number of unbranched alkanes of at least 4 members (excludes halogenated alkanes) is 6. The van der Waals surface area contributed by atoms with E-state index in [1.54, 1.807) is 11.3 Å². The maximum Gasteiger partial charge on any atom is 0.166 e. The molecule has 0 fully saturated rings. The van der Waals surface area contributed by atoms with Gasteiger partial charge in [0.25, 0.3) is 0 Å². The lowest BCUT2D eigenvalue weighted by Gasteiger charge is -2.00. The van der Waals surface area contributed by atoms with Crippen molar-refractivity contribution in [2.24, 2.45) is 0 Å². The van der Waals surface area contributed by atoms with E-state index in [1.807, 2.05) is 11.8 Å². The summed E-state index contributed by atoms with van der Waals surface area (Å²) in [6.45, 7) is 2.27. The number of hydrogen-bond donors (Lipinski definition) is 1. The van der Waals surface area contributed by atoms with Gasteiger partial charge in [0.2, 0.25) is 0 Å². The predicted molar refractivity (Wildman–Crippen MR) is 82.7 cm³/mol. The van der Waals surface area contributed by atoms with E-state index in [9.17, 15) is 0 Å². The van der Waals surface area contributed by atoms with Gasteiger partial charge in [0.05, 0.1) is 5.52 Å². The molecule has 100 valence electrons. The summed E-state index contributed by atoms with van der Waals surface area (Å²) in [5.74, 6) is 1.19. The number of rotatable bonds is 9. The quantitative estimate of drug-likeness (QED) is 0.488. The predicted octanol–water partition coefficient (Wildman–Crippen LogP) is 5.47. The average Bonchev–Trinajstić information content (AvgIpc) is 2.93. The summed E-state index contributed by atoms with van der Waals surface area (Å²) < 4.78 is 0. The van der Waals surface area contributed by atoms with Crippen LogP contribution in [-0.4, -0.2) is 15.7 Å². The van der Waals surface area contributed by atoms with E-state index in [2.05, 4.69) is 27.7 Å². The molecule has 0 atom stereocenters. The van der Waals surface area contributed by atoms with Gasteiger partial charge in [0, 0.05) is 16.5 Å². The third-order valence-electron chi connectivity index (χ3n) is 3.09. The zero-order chi connectivity index (χ0) is 12.6. The normalized spacial score (nSPS) is 11.4. The molecule has 0 radical (unpaired) electrons. The van der Waals surface area contributed by atoms with Gasteiger partial charge in [-0.2, -0.15) is 0 Å². The van der Waals surface area contributed by atoms with Crippen LogP contribution in [0.4, 0.5) is 0 Å². The SMILES string of the molecule is CCCCCCCCCSc1nc2cscc2[nH]1. The van der Waals surface area contributed by atoms with E-state index in [1.165, 1.54) is 56.2 Å². The second kappa shape index (κ2) is 7.85. The second-order valence-electron chi connectivity index (χ2n) is 4.68. The van der Waals surface area contributed by atoms with Crippen molar-refractivity contribution in [1.82, 2.24) is 9.97 Å². The van der Waals surface area contributed by atoms with E-state index in [4.69, 9.17) is 0 Å². The van der Waals surface area contributed by atoms with Gasteiger partial charge in [-0.3, -0.25) is 0 Å². The Bertz CT molecular complexity index is 419. The molecule has 0 saturated heterocycles. The second-order valence-corrected chi connectivity index (χ2v) is 6.51. The van der Waals surface area contributed by atoms with E-state index in [0.29, 0.717) is 0 Å². The van der Waals surface area contributed by atoms with E-state index >= 15 is 0 Å². The van der Waals surface area contributed by atoms with Crippen molar-refractivity contribution in [3.8, 4) is 0 Å². The molecule has 1 N–H and O–H groups in total. The number of hydrogen-bond acceptors (Lipinski definition) is 3. The van der Waals surface area contributed by atoms with Gasteiger partial charge in [-0.15, -0.1) is 11.3 Å². The molecule has 18 heavy (non-hydrogen) atoms. The fourth-order valence-electron chi connectivity index (χ4n) is 2.02. The Labute approximate surface area is 118 Å². The first-order valence-electron chi connectivity index (χ1n) is 6.95. The van der Waals surface area contributed by atoms with Gasteiger partial charge in [0.1, 0.15) is 5.52 Å². The molecule has 0 aliphatic heterocycles. The van der Waals surface area contributed by atoms with Crippen LogP contribution in [0.3, 0.4) is 0 Å². The van der Waals surface area contributed by atoms with Crippen LogP contribution >= 0.6 is 23.1 Å². The molecule has 2 rings (SSSR count). The van der Waals surface area contributed by atoms with Crippen LogP contribution in [0.2, 0.25) is 0 Å². The maximum atomic E-state index is 4.55. The number of nitrogens with zero attached hydrogens (tertiary/aromatic N) is 1. The molecule has 0 unspecified atom stereocenters. The Morgan fingerprint density at radius 2 is 1.89 bits per heavy atom. The Hall–Kier alpha value is -0.480. The number of imidazole rings is 1. The number of thiophene rings is 1. The first-order chi connectivity index (χ1) is 8.90. The van der Waals surface area contributed by atoms with Crippen molar-refractivity contribution in [2.45, 2.75) is 57.0 Å². The summed E-state index contributed by atoms with van der Waals surface area (Å²) >= 11 is 3.56. The van der Waals surface area contributed by atoms with Gasteiger partial charge in [-0.05, 0) is 6.42 Å². The van der Waals surface area contributed by atoms with Gasteiger partial charge in [-0.25, -0.2) is 4.98 Å². The summed E-state index contributed by atoms with van der Waals surface area (Å²) in [6, 6.07) is 0. The molecule has 2 heterocycles. The number of H-pyrrole nitrogens is 1. The zero-order valence-electron chi connectivity index (χ0n) is 11.1. The molecular weight excluding hydrogens is 260 g/mol. The molecule has 2 nitrogen and oxygen atoms in total. The largest absolute Gasteiger partial charge is 0.332 e. The molecule has 2 aromatic heterocycles. The Morgan fingerprint density at radius 3 is 2.67 bits per heavy atom. The topological polar surface area (TPSA) is 28.7 Å². The number of aromatic nitrogens is 2. The molecule has 0 bridgehead atoms. The fourth-order valence-corrected chi connectivity index (χ4v) is 3.60. The Morgan fingerprint density at radius 1 is 1.11 bits per heavy atom. The van der Waals surface area contributed by atoms with Gasteiger partial charge >= 0.3 is 0 Å². The first kappa shape index (κ1) is 13.9. The average molecular weight is 282 g/mol. The summed E-state index contributed by atoms with van der Waals surface area (Å²) in [7, 11) is 0.